The van der Waals surface area contributed by atoms with E-state index in [1.165, 1.54) is 0 Å². The first-order valence-electron chi connectivity index (χ1n) is 5.08. The quantitative estimate of drug-likeness (QED) is 0.676. The van der Waals surface area contributed by atoms with Crippen LogP contribution in [0.25, 0.3) is 0 Å². The van der Waals surface area contributed by atoms with E-state index in [1.54, 1.807) is 12.4 Å². The van der Waals surface area contributed by atoms with Crippen molar-refractivity contribution < 1.29 is 0 Å². The highest BCUT2D eigenvalue weighted by Gasteiger charge is 2.35. The summed E-state index contributed by atoms with van der Waals surface area (Å²) < 4.78 is 0. The van der Waals surface area contributed by atoms with Crippen molar-refractivity contribution >= 4 is 0 Å². The summed E-state index contributed by atoms with van der Waals surface area (Å²) in [6, 6.07) is 0. The molecule has 1 aromatic rings. The smallest absolute Gasteiger partial charge is 0.0643 e. The number of hydrogen-bond acceptors (Lipinski definition) is 3. The predicted octanol–water partition coefficient (Wildman–Crippen LogP) is 1.67. The Bertz CT molecular complexity index is 296. The zero-order valence-corrected chi connectivity index (χ0v) is 9.07. The van der Waals surface area contributed by atoms with Gasteiger partial charge in [0.15, 0.2) is 0 Å². The largest absolute Gasteiger partial charge is 0.297 e. The van der Waals surface area contributed by atoms with E-state index in [-0.39, 0.29) is 0 Å². The molecule has 3 nitrogen and oxygen atoms in total. The van der Waals surface area contributed by atoms with E-state index in [9.17, 15) is 0 Å². The SMILES string of the molecule is CC(C)(C)N1CC(c2cnccn2)C1. The summed E-state index contributed by atoms with van der Waals surface area (Å²) in [7, 11) is 0. The minimum atomic E-state index is 0.290. The van der Waals surface area contributed by atoms with Gasteiger partial charge in [0.2, 0.25) is 0 Å². The van der Waals surface area contributed by atoms with Crippen LogP contribution < -0.4 is 0 Å². The molecule has 0 N–H and O–H groups in total. The second-order valence-electron chi connectivity index (χ2n) is 4.90. The van der Waals surface area contributed by atoms with Crippen LogP contribution in [0.1, 0.15) is 32.4 Å². The topological polar surface area (TPSA) is 29.0 Å². The fourth-order valence-corrected chi connectivity index (χ4v) is 1.73. The zero-order valence-electron chi connectivity index (χ0n) is 9.07. The van der Waals surface area contributed by atoms with Gasteiger partial charge in [-0.1, -0.05) is 0 Å². The molecule has 76 valence electrons. The Kier molecular flexibility index (Phi) is 2.27. The molecule has 0 radical (unpaired) electrons. The Morgan fingerprint density at radius 3 is 2.50 bits per heavy atom. The molecular weight excluding hydrogens is 174 g/mol. The summed E-state index contributed by atoms with van der Waals surface area (Å²) in [5, 5.41) is 0. The van der Waals surface area contributed by atoms with Crippen molar-refractivity contribution in [3.8, 4) is 0 Å². The molecule has 2 rings (SSSR count). The molecule has 1 aliphatic heterocycles. The lowest BCUT2D eigenvalue weighted by atomic mass is 9.90. The van der Waals surface area contributed by atoms with Gasteiger partial charge in [0.05, 0.1) is 5.69 Å². The van der Waals surface area contributed by atoms with Crippen LogP contribution in [-0.4, -0.2) is 33.5 Å². The molecule has 0 aliphatic carbocycles. The molecule has 1 fully saturated rings. The maximum absolute atomic E-state index is 4.33. The number of likely N-dealkylation sites (tertiary alicyclic amines) is 1. The molecule has 0 aromatic carbocycles. The van der Waals surface area contributed by atoms with Gasteiger partial charge in [0.25, 0.3) is 0 Å². The lowest BCUT2D eigenvalue weighted by molar-refractivity contribution is 0.0455. The van der Waals surface area contributed by atoms with Crippen LogP contribution in [0.5, 0.6) is 0 Å². The number of rotatable bonds is 1. The Balaban J connectivity index is 1.96. The van der Waals surface area contributed by atoms with Gasteiger partial charge in [0, 0.05) is 43.1 Å². The Morgan fingerprint density at radius 1 is 1.29 bits per heavy atom. The van der Waals surface area contributed by atoms with Crippen molar-refractivity contribution in [3.05, 3.63) is 24.3 Å². The van der Waals surface area contributed by atoms with Gasteiger partial charge in [-0.15, -0.1) is 0 Å². The third-order valence-corrected chi connectivity index (χ3v) is 2.83. The summed E-state index contributed by atoms with van der Waals surface area (Å²) in [6.07, 6.45) is 5.38. The van der Waals surface area contributed by atoms with E-state index >= 15 is 0 Å². The summed E-state index contributed by atoms with van der Waals surface area (Å²) in [5.74, 6) is 0.586. The molecule has 1 aliphatic rings. The maximum atomic E-state index is 4.33. The normalized spacial score (nSPS) is 19.4. The fourth-order valence-electron chi connectivity index (χ4n) is 1.73. The highest BCUT2D eigenvalue weighted by Crippen LogP contribution is 2.30. The highest BCUT2D eigenvalue weighted by molar-refractivity contribution is 5.11. The molecule has 0 spiro atoms. The van der Waals surface area contributed by atoms with E-state index in [1.807, 2.05) is 6.20 Å². The van der Waals surface area contributed by atoms with Gasteiger partial charge in [-0.3, -0.25) is 14.9 Å². The minimum Gasteiger partial charge on any atom is -0.297 e. The zero-order chi connectivity index (χ0) is 10.2. The summed E-state index contributed by atoms with van der Waals surface area (Å²) in [6.45, 7) is 8.98. The van der Waals surface area contributed by atoms with E-state index in [0.717, 1.165) is 18.8 Å². The van der Waals surface area contributed by atoms with Crippen LogP contribution in [0, 0.1) is 0 Å². The van der Waals surface area contributed by atoms with Crippen LogP contribution in [0.4, 0.5) is 0 Å². The predicted molar refractivity (Wildman–Crippen MR) is 56.1 cm³/mol. The molecule has 0 bridgehead atoms. The lowest BCUT2D eigenvalue weighted by Crippen LogP contribution is -2.54. The average Bonchev–Trinajstić information content (AvgIpc) is 2.00. The number of nitrogens with zero attached hydrogens (tertiary/aromatic N) is 3. The van der Waals surface area contributed by atoms with Crippen molar-refractivity contribution in [3.63, 3.8) is 0 Å². The van der Waals surface area contributed by atoms with E-state index in [2.05, 4.69) is 35.6 Å². The fraction of sp³-hybridized carbons (Fsp3) is 0.636. The standard InChI is InChI=1S/C11H17N3/c1-11(2,3)14-7-9(8-14)10-6-12-4-5-13-10/h4-6,9H,7-8H2,1-3H3. The first kappa shape index (κ1) is 9.59. The molecule has 1 saturated heterocycles. The lowest BCUT2D eigenvalue weighted by Gasteiger charge is -2.47. The van der Waals surface area contributed by atoms with Gasteiger partial charge in [0.1, 0.15) is 0 Å². The van der Waals surface area contributed by atoms with Gasteiger partial charge < -0.3 is 0 Å². The molecule has 0 unspecified atom stereocenters. The van der Waals surface area contributed by atoms with Gasteiger partial charge in [-0.2, -0.15) is 0 Å². The van der Waals surface area contributed by atoms with Crippen molar-refractivity contribution in [2.45, 2.75) is 32.2 Å². The van der Waals surface area contributed by atoms with E-state index in [0.29, 0.717) is 11.5 Å². The molecule has 2 heterocycles. The van der Waals surface area contributed by atoms with Crippen molar-refractivity contribution in [2.24, 2.45) is 0 Å². The van der Waals surface area contributed by atoms with Crippen LogP contribution in [0.15, 0.2) is 18.6 Å². The van der Waals surface area contributed by atoms with Gasteiger partial charge >= 0.3 is 0 Å². The summed E-state index contributed by atoms with van der Waals surface area (Å²) in [5.41, 5.74) is 1.42. The second kappa shape index (κ2) is 3.31. The summed E-state index contributed by atoms with van der Waals surface area (Å²) >= 11 is 0. The Labute approximate surface area is 85.2 Å². The van der Waals surface area contributed by atoms with Crippen LogP contribution >= 0.6 is 0 Å². The molecule has 3 heteroatoms. The third kappa shape index (κ3) is 1.77. The molecule has 1 aromatic heterocycles. The van der Waals surface area contributed by atoms with Crippen molar-refractivity contribution in [1.82, 2.24) is 14.9 Å². The Hall–Kier alpha value is -0.960. The van der Waals surface area contributed by atoms with E-state index in [4.69, 9.17) is 0 Å². The van der Waals surface area contributed by atoms with Crippen molar-refractivity contribution in [2.75, 3.05) is 13.1 Å². The van der Waals surface area contributed by atoms with Crippen molar-refractivity contribution in [1.29, 1.82) is 0 Å². The molecule has 0 amide bonds. The monoisotopic (exact) mass is 191 g/mol. The number of hydrogen-bond donors (Lipinski definition) is 0. The van der Waals surface area contributed by atoms with Gasteiger partial charge in [-0.25, -0.2) is 0 Å². The first-order valence-corrected chi connectivity index (χ1v) is 5.08. The van der Waals surface area contributed by atoms with Gasteiger partial charge in [-0.05, 0) is 20.8 Å². The maximum Gasteiger partial charge on any atom is 0.0643 e. The second-order valence-corrected chi connectivity index (χ2v) is 4.90. The minimum absolute atomic E-state index is 0.290. The molecule has 14 heavy (non-hydrogen) atoms. The third-order valence-electron chi connectivity index (χ3n) is 2.83. The van der Waals surface area contributed by atoms with Crippen LogP contribution in [0.3, 0.4) is 0 Å². The number of aromatic nitrogens is 2. The van der Waals surface area contributed by atoms with E-state index < -0.39 is 0 Å². The Morgan fingerprint density at radius 2 is 2.00 bits per heavy atom. The molecular formula is C11H17N3. The highest BCUT2D eigenvalue weighted by atomic mass is 15.2. The average molecular weight is 191 g/mol. The molecule has 0 atom stereocenters. The first-order chi connectivity index (χ1) is 6.57. The van der Waals surface area contributed by atoms with Crippen LogP contribution in [0.2, 0.25) is 0 Å². The molecule has 0 saturated carbocycles. The summed E-state index contributed by atoms with van der Waals surface area (Å²) in [4.78, 5) is 10.9. The van der Waals surface area contributed by atoms with Crippen LogP contribution in [-0.2, 0) is 0 Å².